The second-order valence-corrected chi connectivity index (χ2v) is 8.30. The molecule has 144 valence electrons. The molecule has 2 heterocycles. The average Bonchev–Trinajstić information content (AvgIpc) is 3.19. The molecule has 2 aliphatic heterocycles. The highest BCUT2D eigenvalue weighted by molar-refractivity contribution is 9.10. The third-order valence-electron chi connectivity index (χ3n) is 4.83. The van der Waals surface area contributed by atoms with Gasteiger partial charge in [0, 0.05) is 15.4 Å². The molecule has 0 amide bonds. The molecule has 0 N–H and O–H groups in total. The van der Waals surface area contributed by atoms with Gasteiger partial charge in [0.25, 0.3) is 0 Å². The summed E-state index contributed by atoms with van der Waals surface area (Å²) in [7, 11) is 0. The van der Waals surface area contributed by atoms with Gasteiger partial charge < -0.3 is 4.90 Å². The van der Waals surface area contributed by atoms with Crippen molar-refractivity contribution in [2.24, 2.45) is 10.2 Å². The van der Waals surface area contributed by atoms with Crippen LogP contribution in [-0.4, -0.2) is 15.8 Å². The Morgan fingerprint density at radius 1 is 0.759 bits per heavy atom. The lowest BCUT2D eigenvalue weighted by molar-refractivity contribution is 0.532. The number of fused-ring (bicyclic) bond motifs is 1. The fraction of sp³-hybridized carbons (Fsp3) is 0.0435. The van der Waals surface area contributed by atoms with Gasteiger partial charge >= 0.3 is 0 Å². The van der Waals surface area contributed by atoms with E-state index < -0.39 is 0 Å². The van der Waals surface area contributed by atoms with Crippen LogP contribution in [0.5, 0.6) is 0 Å². The van der Waals surface area contributed by atoms with Crippen molar-refractivity contribution in [3.8, 4) is 0 Å². The van der Waals surface area contributed by atoms with Crippen molar-refractivity contribution in [2.45, 2.75) is 6.04 Å². The normalized spacial score (nSPS) is 17.6. The quantitative estimate of drug-likeness (QED) is 0.371. The van der Waals surface area contributed by atoms with Gasteiger partial charge in [0.15, 0.2) is 5.17 Å². The maximum atomic E-state index is 4.64. The predicted octanol–water partition coefficient (Wildman–Crippen LogP) is 6.89. The minimum atomic E-state index is -0.0269. The van der Waals surface area contributed by atoms with Crippen LogP contribution >= 0.6 is 44.7 Å². The van der Waals surface area contributed by atoms with Crippen LogP contribution in [0.4, 0.5) is 0 Å². The molecule has 0 spiro atoms. The molecule has 0 radical (unpaired) electrons. The van der Waals surface area contributed by atoms with E-state index in [0.29, 0.717) is 0 Å². The average molecular weight is 527 g/mol. The van der Waals surface area contributed by atoms with Crippen LogP contribution in [0.15, 0.2) is 105 Å². The summed E-state index contributed by atoms with van der Waals surface area (Å²) in [6.45, 7) is 0. The summed E-state index contributed by atoms with van der Waals surface area (Å²) in [4.78, 5) is 2.30. The summed E-state index contributed by atoms with van der Waals surface area (Å²) < 4.78 is 1.07. The molecule has 0 bridgehead atoms. The van der Waals surface area contributed by atoms with Crippen molar-refractivity contribution in [1.82, 2.24) is 4.90 Å². The fourth-order valence-corrected chi connectivity index (χ4v) is 4.65. The van der Waals surface area contributed by atoms with Crippen LogP contribution in [0, 0.1) is 0 Å². The van der Waals surface area contributed by atoms with Crippen LogP contribution in [0.2, 0.25) is 0 Å². The molecule has 1 atom stereocenters. The second-order valence-electron chi connectivity index (χ2n) is 6.54. The molecular weight excluding hydrogens is 510 g/mol. The number of hydrogen-bond donors (Lipinski definition) is 0. The molecular formula is C23H17Br2N3S. The second kappa shape index (κ2) is 8.69. The van der Waals surface area contributed by atoms with E-state index in [2.05, 4.69) is 97.1 Å². The van der Waals surface area contributed by atoms with Crippen LogP contribution in [0.25, 0.3) is 5.70 Å². The number of amidine groups is 1. The molecule has 29 heavy (non-hydrogen) atoms. The molecule has 3 aromatic carbocycles. The summed E-state index contributed by atoms with van der Waals surface area (Å²) in [5.41, 5.74) is 5.56. The van der Waals surface area contributed by atoms with Crippen molar-refractivity contribution in [2.75, 3.05) is 0 Å². The predicted molar refractivity (Wildman–Crippen MR) is 131 cm³/mol. The first kappa shape index (κ1) is 20.1. The van der Waals surface area contributed by atoms with Gasteiger partial charge in [-0.3, -0.25) is 0 Å². The van der Waals surface area contributed by atoms with Gasteiger partial charge in [-0.25, -0.2) is 0 Å². The topological polar surface area (TPSA) is 28.0 Å². The van der Waals surface area contributed by atoms with Crippen molar-refractivity contribution in [3.63, 3.8) is 0 Å². The van der Waals surface area contributed by atoms with Crippen LogP contribution < -0.4 is 0 Å². The molecule has 0 fully saturated rings. The highest BCUT2D eigenvalue weighted by Crippen LogP contribution is 2.43. The van der Waals surface area contributed by atoms with Gasteiger partial charge in [-0.1, -0.05) is 100 Å². The Balaban J connectivity index is 0.00000205. The Labute approximate surface area is 193 Å². The van der Waals surface area contributed by atoms with Crippen molar-refractivity contribution in [1.29, 1.82) is 0 Å². The number of halogens is 2. The Morgan fingerprint density at radius 2 is 1.41 bits per heavy atom. The lowest BCUT2D eigenvalue weighted by Crippen LogP contribution is -2.37. The number of thioether (sulfide) groups is 1. The Hall–Kier alpha value is -2.15. The smallest absolute Gasteiger partial charge is 0.195 e. The van der Waals surface area contributed by atoms with Crippen molar-refractivity contribution in [3.05, 3.63) is 112 Å². The first-order chi connectivity index (χ1) is 13.8. The van der Waals surface area contributed by atoms with Crippen LogP contribution in [0.1, 0.15) is 22.7 Å². The molecule has 2 aliphatic rings. The highest BCUT2D eigenvalue weighted by atomic mass is 79.9. The molecule has 6 heteroatoms. The standard InChI is InChI=1S/C23H16BrN3S.BrH/c24-19-13-11-16(12-14-19)20-15-28-23-26-25-21(17-7-3-1-4-8-17)22(27(20)23)18-9-5-2-6-10-18;/h1-15,22H;1H. The van der Waals surface area contributed by atoms with E-state index in [4.69, 9.17) is 0 Å². The van der Waals surface area contributed by atoms with E-state index in [1.165, 1.54) is 5.56 Å². The van der Waals surface area contributed by atoms with Gasteiger partial charge in [0.1, 0.15) is 6.04 Å². The summed E-state index contributed by atoms with van der Waals surface area (Å²) in [6.07, 6.45) is 0. The highest BCUT2D eigenvalue weighted by Gasteiger charge is 2.38. The Kier molecular flexibility index (Phi) is 6.04. The zero-order valence-electron chi connectivity index (χ0n) is 15.3. The van der Waals surface area contributed by atoms with Crippen LogP contribution in [-0.2, 0) is 0 Å². The van der Waals surface area contributed by atoms with Crippen molar-refractivity contribution < 1.29 is 0 Å². The Bertz CT molecular complexity index is 1090. The largest absolute Gasteiger partial charge is 0.305 e. The number of benzene rings is 3. The van der Waals surface area contributed by atoms with Gasteiger partial charge in [-0.2, -0.15) is 0 Å². The first-order valence-corrected chi connectivity index (χ1v) is 10.7. The zero-order chi connectivity index (χ0) is 18.9. The van der Waals surface area contributed by atoms with Crippen molar-refractivity contribution >= 4 is 61.2 Å². The molecule has 1 unspecified atom stereocenters. The molecule has 0 saturated carbocycles. The summed E-state index contributed by atoms with van der Waals surface area (Å²) in [6, 6.07) is 29.2. The zero-order valence-corrected chi connectivity index (χ0v) is 19.4. The van der Waals surface area contributed by atoms with Gasteiger partial charge in [0.05, 0.1) is 11.4 Å². The van der Waals surface area contributed by atoms with E-state index in [1.54, 1.807) is 11.8 Å². The molecule has 5 rings (SSSR count). The monoisotopic (exact) mass is 525 g/mol. The summed E-state index contributed by atoms with van der Waals surface area (Å²) in [5, 5.41) is 12.3. The fourth-order valence-electron chi connectivity index (χ4n) is 3.51. The third kappa shape index (κ3) is 3.84. The third-order valence-corrected chi connectivity index (χ3v) is 6.19. The van der Waals surface area contributed by atoms with Gasteiger partial charge in [0.2, 0.25) is 0 Å². The molecule has 0 aromatic heterocycles. The van der Waals surface area contributed by atoms with Gasteiger partial charge in [-0.15, -0.1) is 27.2 Å². The number of nitrogens with zero attached hydrogens (tertiary/aromatic N) is 3. The minimum Gasteiger partial charge on any atom is -0.305 e. The SMILES string of the molecule is Br.Brc1ccc(C2=CSC3=NN=C(c4ccccc4)C(c4ccccc4)N23)cc1. The maximum Gasteiger partial charge on any atom is 0.195 e. The lowest BCUT2D eigenvalue weighted by Gasteiger charge is -2.35. The van der Waals surface area contributed by atoms with E-state index in [0.717, 1.165) is 32.2 Å². The van der Waals surface area contributed by atoms with E-state index in [1.807, 2.05) is 24.3 Å². The number of hydrogen-bond acceptors (Lipinski definition) is 4. The summed E-state index contributed by atoms with van der Waals surface area (Å²) in [5.74, 6) is 0. The molecule has 3 aromatic rings. The van der Waals surface area contributed by atoms with E-state index in [-0.39, 0.29) is 23.0 Å². The van der Waals surface area contributed by atoms with Crippen LogP contribution in [0.3, 0.4) is 0 Å². The van der Waals surface area contributed by atoms with E-state index >= 15 is 0 Å². The molecule has 3 nitrogen and oxygen atoms in total. The number of rotatable bonds is 3. The first-order valence-electron chi connectivity index (χ1n) is 8.99. The maximum absolute atomic E-state index is 4.64. The lowest BCUT2D eigenvalue weighted by atomic mass is 9.94. The molecule has 0 aliphatic carbocycles. The van der Waals surface area contributed by atoms with Gasteiger partial charge in [-0.05, 0) is 23.3 Å². The minimum absolute atomic E-state index is 0. The Morgan fingerprint density at radius 3 is 2.10 bits per heavy atom. The summed E-state index contributed by atoms with van der Waals surface area (Å²) >= 11 is 5.15. The van der Waals surface area contributed by atoms with E-state index in [9.17, 15) is 0 Å². The molecule has 0 saturated heterocycles.